The van der Waals surface area contributed by atoms with Crippen molar-refractivity contribution in [2.75, 3.05) is 19.0 Å². The van der Waals surface area contributed by atoms with Crippen LogP contribution in [-0.2, 0) is 0 Å². The van der Waals surface area contributed by atoms with Crippen molar-refractivity contribution in [3.8, 4) is 17.6 Å². The maximum Gasteiger partial charge on any atom is 0.420 e. The predicted octanol–water partition coefficient (Wildman–Crippen LogP) is 2.03. The summed E-state index contributed by atoms with van der Waals surface area (Å²) in [5.74, 6) is 4.46. The lowest BCUT2D eigenvalue weighted by molar-refractivity contribution is -0.130. The van der Waals surface area contributed by atoms with E-state index in [9.17, 15) is 13.2 Å². The molecule has 18 heavy (non-hydrogen) atoms. The van der Waals surface area contributed by atoms with Gasteiger partial charge in [0.1, 0.15) is 12.4 Å². The Bertz CT molecular complexity index is 431. The summed E-state index contributed by atoms with van der Waals surface area (Å²) in [6.45, 7) is -0.614. The maximum absolute atomic E-state index is 12.6. The van der Waals surface area contributed by atoms with Crippen molar-refractivity contribution in [1.82, 2.24) is 0 Å². The third kappa shape index (κ3) is 4.18. The quantitative estimate of drug-likeness (QED) is 0.816. The smallest absolute Gasteiger partial charge is 0.420 e. The fraction of sp³-hybridized carbons (Fsp3) is 0.333. The van der Waals surface area contributed by atoms with Gasteiger partial charge >= 0.3 is 6.18 Å². The highest BCUT2D eigenvalue weighted by atomic mass is 19.4. The Balaban J connectivity index is 2.82. The minimum absolute atomic E-state index is 0.269. The van der Waals surface area contributed by atoms with E-state index in [1.165, 1.54) is 31.4 Å². The molecule has 1 aromatic carbocycles. The molecule has 0 radical (unpaired) electrons. The van der Waals surface area contributed by atoms with Crippen LogP contribution in [-0.4, -0.2) is 31.0 Å². The molecule has 1 rings (SSSR count). The summed E-state index contributed by atoms with van der Waals surface area (Å²) in [6.07, 6.45) is -4.51. The molecule has 0 spiro atoms. The molecule has 3 nitrogen and oxygen atoms in total. The molecule has 0 saturated carbocycles. The third-order valence-electron chi connectivity index (χ3n) is 2.05. The minimum atomic E-state index is -4.51. The van der Waals surface area contributed by atoms with Gasteiger partial charge in [0, 0.05) is 5.69 Å². The number of halogens is 3. The number of alkyl halides is 3. The molecular weight excluding hydrogens is 247 g/mol. The fourth-order valence-corrected chi connectivity index (χ4v) is 1.20. The average molecular weight is 259 g/mol. The molecule has 0 bridgehead atoms. The Morgan fingerprint density at radius 1 is 1.33 bits per heavy atom. The number of methoxy groups -OCH3 is 1. The van der Waals surface area contributed by atoms with Gasteiger partial charge < -0.3 is 15.2 Å². The number of aliphatic hydroxyl groups excluding tert-OH is 1. The summed E-state index contributed by atoms with van der Waals surface area (Å²) < 4.78 is 42.7. The van der Waals surface area contributed by atoms with Crippen LogP contribution in [0.2, 0.25) is 0 Å². The SMILES string of the molecule is COc1ccc(NC(C#CCO)C(F)(F)F)cc1. The number of benzene rings is 1. The van der Waals surface area contributed by atoms with E-state index in [2.05, 4.69) is 5.32 Å². The van der Waals surface area contributed by atoms with Crippen molar-refractivity contribution in [3.05, 3.63) is 24.3 Å². The van der Waals surface area contributed by atoms with E-state index in [4.69, 9.17) is 9.84 Å². The van der Waals surface area contributed by atoms with Gasteiger partial charge in [-0.05, 0) is 24.3 Å². The summed E-state index contributed by atoms with van der Waals surface area (Å²) in [7, 11) is 1.47. The lowest BCUT2D eigenvalue weighted by Gasteiger charge is -2.17. The molecule has 0 fully saturated rings. The standard InChI is InChI=1S/C12H12F3NO2/c1-18-10-6-4-9(5-7-10)16-11(3-2-8-17)12(13,14)15/h4-7,11,16-17H,8H2,1H3. The Morgan fingerprint density at radius 2 is 1.94 bits per heavy atom. The monoisotopic (exact) mass is 259 g/mol. The number of aliphatic hydroxyl groups is 1. The highest BCUT2D eigenvalue weighted by molar-refractivity contribution is 5.49. The number of hydrogen-bond donors (Lipinski definition) is 2. The van der Waals surface area contributed by atoms with Crippen LogP contribution in [0.4, 0.5) is 18.9 Å². The van der Waals surface area contributed by atoms with Crippen LogP contribution >= 0.6 is 0 Å². The Kier molecular flexibility index (Phi) is 4.86. The predicted molar refractivity (Wildman–Crippen MR) is 61.3 cm³/mol. The highest BCUT2D eigenvalue weighted by Gasteiger charge is 2.38. The van der Waals surface area contributed by atoms with E-state index in [0.29, 0.717) is 5.75 Å². The van der Waals surface area contributed by atoms with E-state index in [0.717, 1.165) is 0 Å². The summed E-state index contributed by atoms with van der Waals surface area (Å²) in [5, 5.41) is 10.7. The number of rotatable bonds is 3. The Morgan fingerprint density at radius 3 is 2.39 bits per heavy atom. The lowest BCUT2D eigenvalue weighted by Crippen LogP contribution is -2.34. The molecule has 1 atom stereocenters. The second-order valence-corrected chi connectivity index (χ2v) is 3.33. The summed E-state index contributed by atoms with van der Waals surface area (Å²) in [5.41, 5.74) is 0.269. The molecule has 0 aliphatic rings. The van der Waals surface area contributed by atoms with E-state index < -0.39 is 18.8 Å². The van der Waals surface area contributed by atoms with Crippen LogP contribution < -0.4 is 10.1 Å². The highest BCUT2D eigenvalue weighted by Crippen LogP contribution is 2.24. The number of hydrogen-bond acceptors (Lipinski definition) is 3. The number of nitrogens with one attached hydrogen (secondary N) is 1. The van der Waals surface area contributed by atoms with Gasteiger partial charge in [-0.1, -0.05) is 11.8 Å². The van der Waals surface area contributed by atoms with E-state index in [1.54, 1.807) is 0 Å². The van der Waals surface area contributed by atoms with E-state index >= 15 is 0 Å². The second kappa shape index (κ2) is 6.17. The Hall–Kier alpha value is -1.87. The zero-order chi connectivity index (χ0) is 13.6. The van der Waals surface area contributed by atoms with Crippen molar-refractivity contribution >= 4 is 5.69 Å². The third-order valence-corrected chi connectivity index (χ3v) is 2.05. The molecule has 1 aromatic rings. The van der Waals surface area contributed by atoms with Crippen LogP contribution in [0.1, 0.15) is 0 Å². The van der Waals surface area contributed by atoms with Gasteiger partial charge in [-0.25, -0.2) is 0 Å². The molecule has 0 heterocycles. The molecule has 6 heteroatoms. The van der Waals surface area contributed by atoms with E-state index in [1.807, 2.05) is 11.8 Å². The van der Waals surface area contributed by atoms with Crippen molar-refractivity contribution < 1.29 is 23.0 Å². The molecule has 0 aliphatic heterocycles. The molecule has 0 aliphatic carbocycles. The van der Waals surface area contributed by atoms with Crippen molar-refractivity contribution in [2.24, 2.45) is 0 Å². The van der Waals surface area contributed by atoms with Crippen molar-refractivity contribution in [2.45, 2.75) is 12.2 Å². The molecule has 0 saturated heterocycles. The maximum atomic E-state index is 12.6. The first kappa shape index (κ1) is 14.2. The molecular formula is C12H12F3NO2. The van der Waals surface area contributed by atoms with Gasteiger partial charge in [0.15, 0.2) is 6.04 Å². The van der Waals surface area contributed by atoms with Crippen LogP contribution in [0.15, 0.2) is 24.3 Å². The molecule has 0 aromatic heterocycles. The Labute approximate surface area is 103 Å². The van der Waals surface area contributed by atoms with Crippen molar-refractivity contribution in [1.29, 1.82) is 0 Å². The van der Waals surface area contributed by atoms with Gasteiger partial charge in [-0.3, -0.25) is 0 Å². The topological polar surface area (TPSA) is 41.5 Å². The minimum Gasteiger partial charge on any atom is -0.497 e. The van der Waals surface area contributed by atoms with Crippen LogP contribution in [0.5, 0.6) is 5.75 Å². The first-order valence-corrected chi connectivity index (χ1v) is 5.04. The van der Waals surface area contributed by atoms with Gasteiger partial charge in [0.2, 0.25) is 0 Å². The van der Waals surface area contributed by atoms with Crippen molar-refractivity contribution in [3.63, 3.8) is 0 Å². The number of ether oxygens (including phenoxy) is 1. The van der Waals surface area contributed by atoms with Gasteiger partial charge in [0.05, 0.1) is 7.11 Å². The van der Waals surface area contributed by atoms with Crippen LogP contribution in [0.25, 0.3) is 0 Å². The van der Waals surface area contributed by atoms with Crippen LogP contribution in [0.3, 0.4) is 0 Å². The number of anilines is 1. The lowest BCUT2D eigenvalue weighted by atomic mass is 10.2. The molecule has 0 amide bonds. The van der Waals surface area contributed by atoms with Crippen LogP contribution in [0, 0.1) is 11.8 Å². The average Bonchev–Trinajstić information content (AvgIpc) is 2.34. The first-order chi connectivity index (χ1) is 8.47. The molecule has 2 N–H and O–H groups in total. The van der Waals surface area contributed by atoms with Gasteiger partial charge in [-0.15, -0.1) is 0 Å². The largest absolute Gasteiger partial charge is 0.497 e. The summed E-state index contributed by atoms with van der Waals surface area (Å²) >= 11 is 0. The summed E-state index contributed by atoms with van der Waals surface area (Å²) in [6, 6.07) is 3.97. The summed E-state index contributed by atoms with van der Waals surface area (Å²) in [4.78, 5) is 0. The molecule has 98 valence electrons. The van der Waals surface area contributed by atoms with E-state index in [-0.39, 0.29) is 5.69 Å². The fourth-order valence-electron chi connectivity index (χ4n) is 1.20. The second-order valence-electron chi connectivity index (χ2n) is 3.33. The molecule has 1 unspecified atom stereocenters. The zero-order valence-corrected chi connectivity index (χ0v) is 9.58. The van der Waals surface area contributed by atoms with Gasteiger partial charge in [-0.2, -0.15) is 13.2 Å². The normalized spacial score (nSPS) is 12.3. The zero-order valence-electron chi connectivity index (χ0n) is 9.58. The van der Waals surface area contributed by atoms with Gasteiger partial charge in [0.25, 0.3) is 0 Å². The first-order valence-electron chi connectivity index (χ1n) is 5.04.